The first-order chi connectivity index (χ1) is 16.6. The fraction of sp³-hybridized carbons (Fsp3) is 0.259. The van der Waals surface area contributed by atoms with Crippen LogP contribution in [0, 0.1) is 0 Å². The number of carbonyl (C=O) groups is 1. The van der Waals surface area contributed by atoms with E-state index in [2.05, 4.69) is 11.8 Å². The van der Waals surface area contributed by atoms with Crippen LogP contribution in [-0.4, -0.2) is 61.4 Å². The summed E-state index contributed by atoms with van der Waals surface area (Å²) >= 11 is 0. The van der Waals surface area contributed by atoms with Crippen LogP contribution >= 0.6 is 0 Å². The third-order valence-electron chi connectivity index (χ3n) is 6.25. The van der Waals surface area contributed by atoms with Crippen molar-refractivity contribution in [2.24, 2.45) is 4.99 Å². The monoisotopic (exact) mass is 457 g/mol. The van der Waals surface area contributed by atoms with Gasteiger partial charge in [0, 0.05) is 31.2 Å². The molecule has 0 radical (unpaired) electrons. The average Bonchev–Trinajstić information content (AvgIpc) is 3.05. The van der Waals surface area contributed by atoms with Gasteiger partial charge in [0.2, 0.25) is 0 Å². The third kappa shape index (κ3) is 3.94. The Bertz CT molecular complexity index is 1260. The normalized spacial score (nSPS) is 17.0. The number of amides is 1. The molecule has 2 aliphatic rings. The Balaban J connectivity index is 1.46. The van der Waals surface area contributed by atoms with Gasteiger partial charge in [-0.15, -0.1) is 0 Å². The van der Waals surface area contributed by atoms with Crippen LogP contribution in [0.4, 0.5) is 5.69 Å². The highest BCUT2D eigenvalue weighted by Gasteiger charge is 2.32. The van der Waals surface area contributed by atoms with E-state index >= 15 is 0 Å². The highest BCUT2D eigenvalue weighted by atomic mass is 16.5. The van der Waals surface area contributed by atoms with Gasteiger partial charge in [-0.05, 0) is 49.4 Å². The predicted molar refractivity (Wildman–Crippen MR) is 131 cm³/mol. The van der Waals surface area contributed by atoms with Crippen molar-refractivity contribution in [2.75, 3.05) is 33.9 Å². The molecule has 0 spiro atoms. The second kappa shape index (κ2) is 9.09. The van der Waals surface area contributed by atoms with Gasteiger partial charge >= 0.3 is 0 Å². The van der Waals surface area contributed by atoms with Gasteiger partial charge in [-0.25, -0.2) is 4.99 Å². The fourth-order valence-corrected chi connectivity index (χ4v) is 4.49. The van der Waals surface area contributed by atoms with Gasteiger partial charge in [0.05, 0.1) is 19.8 Å². The molecule has 7 nitrogen and oxygen atoms in total. The number of piperazine rings is 1. The number of para-hydroxylation sites is 3. The minimum absolute atomic E-state index is 0.00426. The molecular formula is C27H27N3O4. The van der Waals surface area contributed by atoms with Gasteiger partial charge in [-0.3, -0.25) is 4.79 Å². The summed E-state index contributed by atoms with van der Waals surface area (Å²) in [6.45, 7) is 3.95. The van der Waals surface area contributed by atoms with E-state index in [1.54, 1.807) is 20.3 Å². The van der Waals surface area contributed by atoms with Crippen LogP contribution in [0.1, 0.15) is 22.8 Å². The van der Waals surface area contributed by atoms with E-state index in [1.807, 2.05) is 65.6 Å². The molecule has 34 heavy (non-hydrogen) atoms. The summed E-state index contributed by atoms with van der Waals surface area (Å²) in [5, 5.41) is 0. The van der Waals surface area contributed by atoms with Crippen LogP contribution in [-0.2, 0) is 0 Å². The van der Waals surface area contributed by atoms with Crippen LogP contribution in [0.25, 0.3) is 0 Å². The number of ether oxygens (including phenoxy) is 3. The maximum Gasteiger partial charge on any atom is 0.254 e. The lowest BCUT2D eigenvalue weighted by atomic mass is 10.1. The lowest BCUT2D eigenvalue weighted by Gasteiger charge is -2.41. The lowest BCUT2D eigenvalue weighted by Crippen LogP contribution is -2.55. The van der Waals surface area contributed by atoms with Crippen LogP contribution in [0.2, 0.25) is 0 Å². The van der Waals surface area contributed by atoms with Crippen LogP contribution in [0.3, 0.4) is 0 Å². The number of rotatable bonds is 3. The molecule has 0 aromatic heterocycles. The Morgan fingerprint density at radius 2 is 1.82 bits per heavy atom. The second-order valence-electron chi connectivity index (χ2n) is 8.37. The van der Waals surface area contributed by atoms with Crippen LogP contribution in [0.5, 0.6) is 23.0 Å². The summed E-state index contributed by atoms with van der Waals surface area (Å²) in [4.78, 5) is 22.4. The number of fused-ring (bicyclic) bond motifs is 2. The smallest absolute Gasteiger partial charge is 0.254 e. The summed E-state index contributed by atoms with van der Waals surface area (Å²) in [5.74, 6) is 3.49. The van der Waals surface area contributed by atoms with Crippen LogP contribution in [0.15, 0.2) is 71.7 Å². The quantitative estimate of drug-likeness (QED) is 0.569. The molecule has 1 atom stereocenters. The SMILES string of the molecule is COc1cccc(C(=O)N2CCN(C3=Nc4ccccc4Oc4c(OC)cccc43)CC2C)c1. The minimum atomic E-state index is -0.0105. The Hall–Kier alpha value is -4.00. The molecule has 1 unspecified atom stereocenters. The van der Waals surface area contributed by atoms with Crippen LogP contribution < -0.4 is 14.2 Å². The lowest BCUT2D eigenvalue weighted by molar-refractivity contribution is 0.0581. The molecule has 0 aliphatic carbocycles. The number of amidine groups is 1. The second-order valence-corrected chi connectivity index (χ2v) is 8.37. The van der Waals surface area contributed by atoms with Crippen molar-refractivity contribution < 1.29 is 19.0 Å². The number of benzene rings is 3. The number of aliphatic imine (C=N–C) groups is 1. The molecule has 3 aromatic rings. The van der Waals surface area contributed by atoms with Gasteiger partial charge in [-0.2, -0.15) is 0 Å². The predicted octanol–water partition coefficient (Wildman–Crippen LogP) is 4.73. The van der Waals surface area contributed by atoms with E-state index in [1.165, 1.54) is 0 Å². The van der Waals surface area contributed by atoms with Crippen molar-refractivity contribution >= 4 is 17.4 Å². The molecule has 5 rings (SSSR count). The maximum atomic E-state index is 13.2. The third-order valence-corrected chi connectivity index (χ3v) is 6.25. The van der Waals surface area contributed by atoms with E-state index in [9.17, 15) is 4.79 Å². The van der Waals surface area contributed by atoms with Crippen molar-refractivity contribution in [3.8, 4) is 23.0 Å². The highest BCUT2D eigenvalue weighted by Crippen LogP contribution is 2.42. The van der Waals surface area contributed by atoms with Gasteiger partial charge in [0.25, 0.3) is 5.91 Å². The number of carbonyl (C=O) groups excluding carboxylic acids is 1. The van der Waals surface area contributed by atoms with Crippen molar-refractivity contribution in [1.82, 2.24) is 9.80 Å². The topological polar surface area (TPSA) is 63.6 Å². The zero-order valence-corrected chi connectivity index (χ0v) is 19.5. The summed E-state index contributed by atoms with van der Waals surface area (Å²) < 4.78 is 17.2. The molecule has 7 heteroatoms. The van der Waals surface area contributed by atoms with Gasteiger partial charge in [0.15, 0.2) is 17.2 Å². The first-order valence-electron chi connectivity index (χ1n) is 11.3. The number of methoxy groups -OCH3 is 2. The van der Waals surface area contributed by atoms with Crippen molar-refractivity contribution in [1.29, 1.82) is 0 Å². The molecule has 174 valence electrons. The Morgan fingerprint density at radius 3 is 2.62 bits per heavy atom. The van der Waals surface area contributed by atoms with E-state index < -0.39 is 0 Å². The Labute approximate surface area is 199 Å². The summed E-state index contributed by atoms with van der Waals surface area (Å²) in [6, 6.07) is 20.8. The summed E-state index contributed by atoms with van der Waals surface area (Å²) in [6.07, 6.45) is 0. The number of nitrogens with zero attached hydrogens (tertiary/aromatic N) is 3. The van der Waals surface area contributed by atoms with E-state index in [4.69, 9.17) is 19.2 Å². The summed E-state index contributed by atoms with van der Waals surface area (Å²) in [7, 11) is 3.24. The Kier molecular flexibility index (Phi) is 5.84. The van der Waals surface area contributed by atoms with E-state index in [-0.39, 0.29) is 11.9 Å². The molecule has 1 amide bonds. The minimum Gasteiger partial charge on any atom is -0.497 e. The molecule has 2 heterocycles. The largest absolute Gasteiger partial charge is 0.497 e. The number of hydrogen-bond donors (Lipinski definition) is 0. The molecule has 2 aliphatic heterocycles. The Morgan fingerprint density at radius 1 is 1.00 bits per heavy atom. The van der Waals surface area contributed by atoms with Crippen molar-refractivity contribution in [3.63, 3.8) is 0 Å². The van der Waals surface area contributed by atoms with Gasteiger partial charge in [-0.1, -0.05) is 24.3 Å². The number of hydrogen-bond acceptors (Lipinski definition) is 6. The standard InChI is InChI=1S/C27H27N3O4/c1-18-17-29(14-15-30(18)27(31)19-8-6-9-20(16-19)32-2)26-21-10-7-13-24(33-3)25(21)34-23-12-5-4-11-22(23)28-26/h4-13,16,18H,14-15,17H2,1-3H3. The molecule has 0 saturated carbocycles. The summed E-state index contributed by atoms with van der Waals surface area (Å²) in [5.41, 5.74) is 2.26. The van der Waals surface area contributed by atoms with Crippen molar-refractivity contribution in [2.45, 2.75) is 13.0 Å². The van der Waals surface area contributed by atoms with E-state index in [0.717, 1.165) is 17.1 Å². The fourth-order valence-electron chi connectivity index (χ4n) is 4.49. The van der Waals surface area contributed by atoms with Crippen molar-refractivity contribution in [3.05, 3.63) is 77.9 Å². The molecule has 0 bridgehead atoms. The first-order valence-corrected chi connectivity index (χ1v) is 11.3. The zero-order valence-electron chi connectivity index (χ0n) is 19.5. The average molecular weight is 458 g/mol. The highest BCUT2D eigenvalue weighted by molar-refractivity contribution is 6.04. The molecular weight excluding hydrogens is 430 g/mol. The van der Waals surface area contributed by atoms with Gasteiger partial charge in [0.1, 0.15) is 17.3 Å². The van der Waals surface area contributed by atoms with Gasteiger partial charge < -0.3 is 24.0 Å². The first kappa shape index (κ1) is 21.8. The zero-order chi connectivity index (χ0) is 23.7. The molecule has 1 fully saturated rings. The molecule has 1 saturated heterocycles. The maximum absolute atomic E-state index is 13.2. The molecule has 0 N–H and O–H groups in total. The molecule has 3 aromatic carbocycles. The van der Waals surface area contributed by atoms with E-state index in [0.29, 0.717) is 48.2 Å².